The minimum absolute atomic E-state index is 0.344. The van der Waals surface area contributed by atoms with Gasteiger partial charge in [0.05, 0.1) is 26.4 Å². The van der Waals surface area contributed by atoms with Gasteiger partial charge in [-0.05, 0) is 24.1 Å². The van der Waals surface area contributed by atoms with Crippen LogP contribution in [-0.4, -0.2) is 24.9 Å². The smallest absolute Gasteiger partial charge is 0.118 e. The molecule has 0 fully saturated rings. The Bertz CT molecular complexity index is 282. The summed E-state index contributed by atoms with van der Waals surface area (Å²) in [6.07, 6.45) is 1.43. The molecular formula is C13H20O3. The Labute approximate surface area is 97.0 Å². The topological polar surface area (TPSA) is 38.7 Å². The summed E-state index contributed by atoms with van der Waals surface area (Å²) in [6.45, 7) is 2.98. The molecule has 0 heterocycles. The van der Waals surface area contributed by atoms with Gasteiger partial charge in [-0.3, -0.25) is 0 Å². The van der Waals surface area contributed by atoms with Gasteiger partial charge in [-0.25, -0.2) is 0 Å². The lowest BCUT2D eigenvalue weighted by Crippen LogP contribution is -2.14. The quantitative estimate of drug-likeness (QED) is 0.772. The predicted octanol–water partition coefficient (Wildman–Crippen LogP) is 2.37. The second-order valence-corrected chi connectivity index (χ2v) is 3.81. The molecule has 1 atom stereocenters. The van der Waals surface area contributed by atoms with Crippen molar-refractivity contribution in [2.75, 3.05) is 13.7 Å². The summed E-state index contributed by atoms with van der Waals surface area (Å²) in [7, 11) is 1.65. The van der Waals surface area contributed by atoms with E-state index in [4.69, 9.17) is 9.47 Å². The highest BCUT2D eigenvalue weighted by molar-refractivity contribution is 5.26. The number of hydrogen-bond acceptors (Lipinski definition) is 3. The summed E-state index contributed by atoms with van der Waals surface area (Å²) < 4.78 is 10.5. The van der Waals surface area contributed by atoms with E-state index in [1.807, 2.05) is 31.2 Å². The van der Waals surface area contributed by atoms with Crippen LogP contribution in [0.5, 0.6) is 5.75 Å². The van der Waals surface area contributed by atoms with E-state index in [9.17, 15) is 5.11 Å². The second kappa shape index (κ2) is 7.25. The first kappa shape index (κ1) is 13.0. The lowest BCUT2D eigenvalue weighted by atomic mass is 10.2. The molecule has 1 N–H and O–H groups in total. The molecule has 0 bridgehead atoms. The molecular weight excluding hydrogens is 204 g/mol. The van der Waals surface area contributed by atoms with E-state index in [0.717, 1.165) is 24.2 Å². The Hall–Kier alpha value is -1.06. The number of ether oxygens (including phenoxy) is 2. The van der Waals surface area contributed by atoms with Crippen LogP contribution in [-0.2, 0) is 11.3 Å². The predicted molar refractivity (Wildman–Crippen MR) is 63.6 cm³/mol. The van der Waals surface area contributed by atoms with Crippen molar-refractivity contribution in [3.63, 3.8) is 0 Å². The van der Waals surface area contributed by atoms with Crippen molar-refractivity contribution in [3.05, 3.63) is 29.8 Å². The van der Waals surface area contributed by atoms with Gasteiger partial charge in [0.15, 0.2) is 0 Å². The molecule has 0 saturated heterocycles. The van der Waals surface area contributed by atoms with E-state index in [-0.39, 0.29) is 6.10 Å². The van der Waals surface area contributed by atoms with Crippen LogP contribution < -0.4 is 4.74 Å². The third-order valence-electron chi connectivity index (χ3n) is 2.36. The summed E-state index contributed by atoms with van der Waals surface area (Å²) in [4.78, 5) is 0. The first-order chi connectivity index (χ1) is 7.76. The van der Waals surface area contributed by atoms with Crippen molar-refractivity contribution >= 4 is 0 Å². The van der Waals surface area contributed by atoms with E-state index in [1.54, 1.807) is 7.11 Å². The second-order valence-electron chi connectivity index (χ2n) is 3.81. The fourth-order valence-electron chi connectivity index (χ4n) is 1.45. The van der Waals surface area contributed by atoms with Crippen molar-refractivity contribution in [1.82, 2.24) is 0 Å². The molecule has 16 heavy (non-hydrogen) atoms. The van der Waals surface area contributed by atoms with E-state index >= 15 is 0 Å². The van der Waals surface area contributed by atoms with Gasteiger partial charge in [0, 0.05) is 0 Å². The van der Waals surface area contributed by atoms with Gasteiger partial charge in [-0.15, -0.1) is 0 Å². The Morgan fingerprint density at radius 3 is 2.50 bits per heavy atom. The Balaban J connectivity index is 2.26. The first-order valence-electron chi connectivity index (χ1n) is 5.65. The molecule has 1 aromatic carbocycles. The number of benzene rings is 1. The molecule has 0 radical (unpaired) electrons. The number of aliphatic hydroxyl groups excluding tert-OH is 1. The molecule has 1 aromatic rings. The van der Waals surface area contributed by atoms with E-state index < -0.39 is 0 Å². The van der Waals surface area contributed by atoms with Crippen LogP contribution in [0.3, 0.4) is 0 Å². The average molecular weight is 224 g/mol. The maximum Gasteiger partial charge on any atom is 0.118 e. The molecule has 0 amide bonds. The lowest BCUT2D eigenvalue weighted by molar-refractivity contribution is 0.0242. The Morgan fingerprint density at radius 2 is 1.94 bits per heavy atom. The molecule has 0 aliphatic heterocycles. The number of aliphatic hydroxyl groups is 1. The average Bonchev–Trinajstić information content (AvgIpc) is 2.30. The molecule has 0 spiro atoms. The highest BCUT2D eigenvalue weighted by Crippen LogP contribution is 2.12. The number of hydrogen-bond donors (Lipinski definition) is 1. The molecule has 3 heteroatoms. The molecule has 0 aromatic heterocycles. The standard InChI is InChI=1S/C13H20O3/c1-3-4-12(14)10-16-9-11-5-7-13(15-2)8-6-11/h5-8,12,14H,3-4,9-10H2,1-2H3. The molecule has 90 valence electrons. The summed E-state index contributed by atoms with van der Waals surface area (Å²) in [5, 5.41) is 9.46. The molecule has 3 nitrogen and oxygen atoms in total. The van der Waals surface area contributed by atoms with Gasteiger partial charge in [-0.1, -0.05) is 25.5 Å². The normalized spacial score (nSPS) is 12.4. The minimum atomic E-state index is -0.344. The van der Waals surface area contributed by atoms with Crippen molar-refractivity contribution in [1.29, 1.82) is 0 Å². The highest BCUT2D eigenvalue weighted by Gasteiger charge is 2.02. The highest BCUT2D eigenvalue weighted by atomic mass is 16.5. The van der Waals surface area contributed by atoms with Gasteiger partial charge in [0.2, 0.25) is 0 Å². The zero-order valence-electron chi connectivity index (χ0n) is 9.98. The van der Waals surface area contributed by atoms with E-state index in [0.29, 0.717) is 13.2 Å². The summed E-state index contributed by atoms with van der Waals surface area (Å²) in [5.41, 5.74) is 1.09. The summed E-state index contributed by atoms with van der Waals surface area (Å²) >= 11 is 0. The van der Waals surface area contributed by atoms with Crippen molar-refractivity contribution in [3.8, 4) is 5.75 Å². The van der Waals surface area contributed by atoms with Crippen LogP contribution in [0.25, 0.3) is 0 Å². The van der Waals surface area contributed by atoms with E-state index in [2.05, 4.69) is 0 Å². The maximum absolute atomic E-state index is 9.46. The summed E-state index contributed by atoms with van der Waals surface area (Å²) in [6, 6.07) is 7.73. The molecule has 1 unspecified atom stereocenters. The van der Waals surface area contributed by atoms with Gasteiger partial charge < -0.3 is 14.6 Å². The van der Waals surface area contributed by atoms with Crippen LogP contribution in [0.2, 0.25) is 0 Å². The molecule has 0 aliphatic carbocycles. The summed E-state index contributed by atoms with van der Waals surface area (Å²) in [5.74, 6) is 0.842. The Morgan fingerprint density at radius 1 is 1.25 bits per heavy atom. The zero-order chi connectivity index (χ0) is 11.8. The van der Waals surface area contributed by atoms with Crippen molar-refractivity contribution < 1.29 is 14.6 Å². The van der Waals surface area contributed by atoms with E-state index in [1.165, 1.54) is 0 Å². The lowest BCUT2D eigenvalue weighted by Gasteiger charge is -2.10. The zero-order valence-corrected chi connectivity index (χ0v) is 9.98. The first-order valence-corrected chi connectivity index (χ1v) is 5.65. The molecule has 0 aliphatic rings. The third-order valence-corrected chi connectivity index (χ3v) is 2.36. The monoisotopic (exact) mass is 224 g/mol. The van der Waals surface area contributed by atoms with Gasteiger partial charge in [0.1, 0.15) is 5.75 Å². The van der Waals surface area contributed by atoms with Gasteiger partial charge in [-0.2, -0.15) is 0 Å². The van der Waals surface area contributed by atoms with Crippen LogP contribution in [0, 0.1) is 0 Å². The van der Waals surface area contributed by atoms with Crippen LogP contribution in [0.1, 0.15) is 25.3 Å². The number of rotatable bonds is 7. The Kier molecular flexibility index (Phi) is 5.90. The number of methoxy groups -OCH3 is 1. The van der Waals surface area contributed by atoms with Crippen molar-refractivity contribution in [2.24, 2.45) is 0 Å². The van der Waals surface area contributed by atoms with Crippen LogP contribution >= 0.6 is 0 Å². The van der Waals surface area contributed by atoms with Gasteiger partial charge >= 0.3 is 0 Å². The minimum Gasteiger partial charge on any atom is -0.497 e. The van der Waals surface area contributed by atoms with Crippen molar-refractivity contribution in [2.45, 2.75) is 32.5 Å². The SMILES string of the molecule is CCCC(O)COCc1ccc(OC)cc1. The van der Waals surface area contributed by atoms with Crippen LogP contribution in [0.15, 0.2) is 24.3 Å². The largest absolute Gasteiger partial charge is 0.497 e. The van der Waals surface area contributed by atoms with Gasteiger partial charge in [0.25, 0.3) is 0 Å². The third kappa shape index (κ3) is 4.64. The van der Waals surface area contributed by atoms with Crippen LogP contribution in [0.4, 0.5) is 0 Å². The molecule has 0 saturated carbocycles. The molecule has 1 rings (SSSR count). The fraction of sp³-hybridized carbons (Fsp3) is 0.538. The maximum atomic E-state index is 9.46. The fourth-order valence-corrected chi connectivity index (χ4v) is 1.45.